The van der Waals surface area contributed by atoms with Crippen LogP contribution in [0.4, 0.5) is 0 Å². The Kier molecular flexibility index (Phi) is 4.54. The van der Waals surface area contributed by atoms with Crippen LogP contribution < -0.4 is 0 Å². The minimum absolute atomic E-state index is 0.113. The molecule has 5 atom stereocenters. The summed E-state index contributed by atoms with van der Waals surface area (Å²) in [6.45, 7) is 6.42. The van der Waals surface area contributed by atoms with E-state index in [1.54, 1.807) is 0 Å². The van der Waals surface area contributed by atoms with E-state index in [9.17, 15) is 14.4 Å². The summed E-state index contributed by atoms with van der Waals surface area (Å²) in [5, 5.41) is 0. The fourth-order valence-corrected chi connectivity index (χ4v) is 7.38. The van der Waals surface area contributed by atoms with Crippen LogP contribution >= 0.6 is 0 Å². The largest absolute Gasteiger partial charge is 0.460 e. The first kappa shape index (κ1) is 22.0. The number of ether oxygens (including phenoxy) is 5. The maximum Gasteiger partial charge on any atom is 0.342 e. The lowest BCUT2D eigenvalue weighted by atomic mass is 9.53. The summed E-state index contributed by atoms with van der Waals surface area (Å²) in [7, 11) is 1.53. The van der Waals surface area contributed by atoms with E-state index in [-0.39, 0.29) is 29.6 Å². The van der Waals surface area contributed by atoms with Gasteiger partial charge in [0.15, 0.2) is 11.5 Å². The second-order valence-corrected chi connectivity index (χ2v) is 10.3. The predicted octanol–water partition coefficient (Wildman–Crippen LogP) is 2.71. The molecule has 0 radical (unpaired) electrons. The molecule has 9 heteroatoms. The monoisotopic (exact) mass is 472 g/mol. The Hall–Kier alpha value is -2.49. The van der Waals surface area contributed by atoms with Crippen molar-refractivity contribution >= 4 is 17.7 Å². The minimum Gasteiger partial charge on any atom is -0.460 e. The number of hydrogen-bond acceptors (Lipinski definition) is 9. The molecule has 6 rings (SSSR count). The van der Waals surface area contributed by atoms with Crippen molar-refractivity contribution in [2.75, 3.05) is 26.9 Å². The fourth-order valence-electron chi connectivity index (χ4n) is 7.38. The number of fused-ring (bicyclic) bond motifs is 4. The van der Waals surface area contributed by atoms with Crippen LogP contribution in [0.3, 0.4) is 0 Å². The van der Waals surface area contributed by atoms with Gasteiger partial charge in [0.1, 0.15) is 24.0 Å². The molecule has 0 aromatic carbocycles. The lowest BCUT2D eigenvalue weighted by Gasteiger charge is -2.54. The van der Waals surface area contributed by atoms with Crippen LogP contribution in [-0.2, 0) is 33.9 Å². The van der Waals surface area contributed by atoms with Crippen LogP contribution in [0.25, 0.3) is 0 Å². The molecule has 2 aliphatic heterocycles. The van der Waals surface area contributed by atoms with Gasteiger partial charge < -0.3 is 28.1 Å². The number of rotatable bonds is 3. The van der Waals surface area contributed by atoms with Crippen LogP contribution in [0.5, 0.6) is 0 Å². The third-order valence-electron chi connectivity index (χ3n) is 8.79. The van der Waals surface area contributed by atoms with Gasteiger partial charge in [-0.15, -0.1) is 0 Å². The standard InChI is InChI=1S/C25H28O9/c1-12(26)33-15-9-23(2)14(5-6-25(23)31-7-8-32-25)17-19(15)24(3)16(11-29-4)34-22(28)13-10-30-21(18(13)24)20(17)27/h10,14-16H,5-9,11H2,1-4H3/t14-,15?,16+,23?,24?/m0/s1. The molecule has 1 saturated heterocycles. The summed E-state index contributed by atoms with van der Waals surface area (Å²) in [6, 6.07) is 0. The summed E-state index contributed by atoms with van der Waals surface area (Å²) in [5.74, 6) is -2.17. The Morgan fingerprint density at radius 1 is 1.21 bits per heavy atom. The summed E-state index contributed by atoms with van der Waals surface area (Å²) >= 11 is 0. The third kappa shape index (κ3) is 2.47. The molecule has 1 saturated carbocycles. The molecule has 3 heterocycles. The molecule has 5 aliphatic rings. The number of allylic oxidation sites excluding steroid dienone is 1. The molecule has 1 aromatic heterocycles. The van der Waals surface area contributed by atoms with Gasteiger partial charge in [-0.3, -0.25) is 9.59 Å². The Bertz CT molecular complexity index is 1140. The smallest absolute Gasteiger partial charge is 0.342 e. The van der Waals surface area contributed by atoms with Crippen LogP contribution in [0.15, 0.2) is 21.8 Å². The number of hydrogen-bond donors (Lipinski definition) is 0. The topological polar surface area (TPSA) is 111 Å². The average Bonchev–Trinajstić information content (AvgIpc) is 3.49. The molecular formula is C25H28O9. The Morgan fingerprint density at radius 2 is 1.94 bits per heavy atom. The highest BCUT2D eigenvalue weighted by Crippen LogP contribution is 2.66. The SMILES string of the molecule is COC[C@H]1OC(=O)c2coc3c2C1(C)C1=C(C3=O)[C@@H]2CCC3(OCCO3)C2(C)CC1OC(C)=O. The van der Waals surface area contributed by atoms with E-state index in [4.69, 9.17) is 28.1 Å². The second kappa shape index (κ2) is 7.02. The molecule has 0 amide bonds. The molecule has 0 bridgehead atoms. The number of Topliss-reactive ketones (excluding diaryl/α,β-unsaturated/α-hetero) is 1. The summed E-state index contributed by atoms with van der Waals surface area (Å²) < 4.78 is 35.2. The van der Waals surface area contributed by atoms with Crippen LogP contribution in [0, 0.1) is 11.3 Å². The predicted molar refractivity (Wildman–Crippen MR) is 114 cm³/mol. The molecule has 3 aliphatic carbocycles. The van der Waals surface area contributed by atoms with Gasteiger partial charge in [-0.25, -0.2) is 4.79 Å². The number of methoxy groups -OCH3 is 1. The maximum absolute atomic E-state index is 14.0. The molecule has 2 fully saturated rings. The van der Waals surface area contributed by atoms with E-state index in [1.807, 2.05) is 6.92 Å². The van der Waals surface area contributed by atoms with Gasteiger partial charge in [-0.1, -0.05) is 6.92 Å². The minimum atomic E-state index is -0.959. The Balaban J connectivity index is 1.62. The Morgan fingerprint density at radius 3 is 2.62 bits per heavy atom. The van der Waals surface area contributed by atoms with E-state index >= 15 is 0 Å². The van der Waals surface area contributed by atoms with Gasteiger partial charge >= 0.3 is 11.9 Å². The molecule has 1 spiro atoms. The molecular weight excluding hydrogens is 444 g/mol. The van der Waals surface area contributed by atoms with Crippen molar-refractivity contribution in [3.63, 3.8) is 0 Å². The van der Waals surface area contributed by atoms with Gasteiger partial charge in [0.05, 0.1) is 25.2 Å². The van der Waals surface area contributed by atoms with Gasteiger partial charge in [-0.2, -0.15) is 0 Å². The van der Waals surface area contributed by atoms with E-state index in [1.165, 1.54) is 20.3 Å². The summed E-state index contributed by atoms with van der Waals surface area (Å²) in [4.78, 5) is 39.1. The van der Waals surface area contributed by atoms with Gasteiger partial charge in [-0.05, 0) is 31.3 Å². The molecule has 34 heavy (non-hydrogen) atoms. The number of esters is 2. The van der Waals surface area contributed by atoms with E-state index in [0.29, 0.717) is 49.2 Å². The van der Waals surface area contributed by atoms with Crippen molar-refractivity contribution in [2.45, 2.75) is 63.4 Å². The zero-order valence-corrected chi connectivity index (χ0v) is 19.7. The lowest BCUT2D eigenvalue weighted by Crippen LogP contribution is -2.59. The highest BCUT2D eigenvalue weighted by molar-refractivity contribution is 6.13. The maximum atomic E-state index is 14.0. The first-order chi connectivity index (χ1) is 16.2. The number of ketones is 1. The number of furan rings is 1. The molecule has 0 N–H and O–H groups in total. The van der Waals surface area contributed by atoms with Crippen molar-refractivity contribution in [1.29, 1.82) is 0 Å². The molecule has 1 aromatic rings. The van der Waals surface area contributed by atoms with E-state index in [2.05, 4.69) is 6.92 Å². The van der Waals surface area contributed by atoms with Crippen LogP contribution in [0.2, 0.25) is 0 Å². The summed E-state index contributed by atoms with van der Waals surface area (Å²) in [5.41, 5.74) is 0.408. The highest BCUT2D eigenvalue weighted by atomic mass is 16.7. The zero-order valence-electron chi connectivity index (χ0n) is 19.7. The quantitative estimate of drug-likeness (QED) is 0.613. The van der Waals surface area contributed by atoms with Crippen LogP contribution in [-0.4, -0.2) is 62.6 Å². The normalized spacial score (nSPS) is 37.4. The zero-order chi connectivity index (χ0) is 24.0. The Labute approximate surface area is 196 Å². The number of cyclic esters (lactones) is 1. The lowest BCUT2D eigenvalue weighted by molar-refractivity contribution is -0.232. The van der Waals surface area contributed by atoms with Crippen molar-refractivity contribution in [3.05, 3.63) is 34.3 Å². The number of carbonyl (C=O) groups is 3. The first-order valence-electron chi connectivity index (χ1n) is 11.7. The van der Waals surface area contributed by atoms with Gasteiger partial charge in [0, 0.05) is 37.0 Å². The third-order valence-corrected chi connectivity index (χ3v) is 8.79. The summed E-state index contributed by atoms with van der Waals surface area (Å²) in [6.07, 6.45) is 1.59. The molecule has 3 unspecified atom stereocenters. The van der Waals surface area contributed by atoms with Crippen molar-refractivity contribution < 1.29 is 42.5 Å². The fraction of sp³-hybridized carbons (Fsp3) is 0.640. The van der Waals surface area contributed by atoms with Crippen molar-refractivity contribution in [1.82, 2.24) is 0 Å². The van der Waals surface area contributed by atoms with E-state index in [0.717, 1.165) is 0 Å². The second-order valence-electron chi connectivity index (χ2n) is 10.3. The molecule has 9 nitrogen and oxygen atoms in total. The van der Waals surface area contributed by atoms with Gasteiger partial charge in [0.25, 0.3) is 0 Å². The van der Waals surface area contributed by atoms with Crippen molar-refractivity contribution in [2.24, 2.45) is 11.3 Å². The van der Waals surface area contributed by atoms with E-state index < -0.39 is 40.8 Å². The average molecular weight is 472 g/mol. The van der Waals surface area contributed by atoms with Crippen LogP contribution in [0.1, 0.15) is 66.5 Å². The highest BCUT2D eigenvalue weighted by Gasteiger charge is 2.69. The van der Waals surface area contributed by atoms with Gasteiger partial charge in [0.2, 0.25) is 5.78 Å². The first-order valence-corrected chi connectivity index (χ1v) is 11.7. The molecule has 182 valence electrons. The number of carbonyl (C=O) groups excluding carboxylic acids is 3. The van der Waals surface area contributed by atoms with Crippen molar-refractivity contribution in [3.8, 4) is 0 Å².